The zero-order valence-corrected chi connectivity index (χ0v) is 25.4. The Balaban J connectivity index is -0.000000369. The number of urea groups is 1. The predicted molar refractivity (Wildman–Crippen MR) is 150 cm³/mol. The van der Waals surface area contributed by atoms with E-state index in [0.29, 0.717) is 19.6 Å². The number of carboxylic acid groups (broad SMARTS) is 3. The summed E-state index contributed by atoms with van der Waals surface area (Å²) in [6, 6.07) is -0.310. The minimum atomic E-state index is -5.08. The molecule has 0 bridgehead atoms. The van der Waals surface area contributed by atoms with Gasteiger partial charge >= 0.3 is 42.5 Å². The SMILES string of the molecule is NCCCNCCCCNC(=O)NCC(=O)NCCCCCCNC=NN.O=C(O)C(F)(F)F.O=C(O)C(F)(F)F.O=C(O)C(F)(F)F. The van der Waals surface area contributed by atoms with Crippen molar-refractivity contribution in [3.63, 3.8) is 0 Å². The summed E-state index contributed by atoms with van der Waals surface area (Å²) >= 11 is 0. The fraction of sp³-hybridized carbons (Fsp3) is 0.739. The van der Waals surface area contributed by atoms with Crippen LogP contribution in [0, 0.1) is 0 Å². The number of hydrazone groups is 1. The first-order valence-corrected chi connectivity index (χ1v) is 13.6. The van der Waals surface area contributed by atoms with Crippen molar-refractivity contribution in [2.75, 3.05) is 45.8 Å². The summed E-state index contributed by atoms with van der Waals surface area (Å²) in [5.74, 6) is -3.48. The second kappa shape index (κ2) is 30.1. The minimum Gasteiger partial charge on any atom is -0.475 e. The predicted octanol–water partition coefficient (Wildman–Crippen LogP) is 1.07. The van der Waals surface area contributed by atoms with Crippen molar-refractivity contribution in [2.24, 2.45) is 16.7 Å². The van der Waals surface area contributed by atoms with Crippen LogP contribution in [-0.4, -0.2) is 116 Å². The number of nitrogens with zero attached hydrogens (tertiary/aromatic N) is 1. The molecule has 0 rings (SSSR count). The van der Waals surface area contributed by atoms with E-state index < -0.39 is 36.4 Å². The summed E-state index contributed by atoms with van der Waals surface area (Å²) in [5, 5.41) is 39.1. The molecule has 0 aliphatic carbocycles. The number of hydrogen-bond acceptors (Lipinski definition) is 9. The number of unbranched alkanes of at least 4 members (excludes halogenated alkanes) is 4. The Morgan fingerprint density at radius 2 is 0.958 bits per heavy atom. The van der Waals surface area contributed by atoms with Crippen molar-refractivity contribution in [3.8, 4) is 0 Å². The molecule has 0 aromatic heterocycles. The van der Waals surface area contributed by atoms with Gasteiger partial charge in [-0.15, -0.1) is 0 Å². The summed E-state index contributed by atoms with van der Waals surface area (Å²) in [7, 11) is 0. The van der Waals surface area contributed by atoms with Crippen molar-refractivity contribution < 1.29 is 78.8 Å². The van der Waals surface area contributed by atoms with Gasteiger partial charge in [-0.05, 0) is 51.7 Å². The van der Waals surface area contributed by atoms with Crippen LogP contribution < -0.4 is 38.2 Å². The van der Waals surface area contributed by atoms with Crippen molar-refractivity contribution in [1.29, 1.82) is 0 Å². The van der Waals surface area contributed by atoms with Gasteiger partial charge in [-0.3, -0.25) is 4.79 Å². The van der Waals surface area contributed by atoms with E-state index in [4.69, 9.17) is 41.3 Å². The van der Waals surface area contributed by atoms with E-state index in [2.05, 4.69) is 31.7 Å². The zero-order chi connectivity index (χ0) is 38.2. The van der Waals surface area contributed by atoms with Crippen molar-refractivity contribution >= 4 is 36.2 Å². The maximum atomic E-state index is 11.6. The van der Waals surface area contributed by atoms with Crippen LogP contribution in [0.4, 0.5) is 44.3 Å². The highest BCUT2D eigenvalue weighted by Gasteiger charge is 2.39. The molecule has 0 aromatic carbocycles. The molecule has 0 aromatic rings. The summed E-state index contributed by atoms with van der Waals surface area (Å²) < 4.78 is 95.2. The van der Waals surface area contributed by atoms with E-state index in [0.717, 1.165) is 64.6 Å². The van der Waals surface area contributed by atoms with E-state index in [1.165, 1.54) is 6.34 Å². The first-order valence-electron chi connectivity index (χ1n) is 13.6. The Morgan fingerprint density at radius 1 is 0.583 bits per heavy atom. The van der Waals surface area contributed by atoms with Gasteiger partial charge in [0, 0.05) is 19.6 Å². The highest BCUT2D eigenvalue weighted by molar-refractivity contribution is 5.83. The molecule has 0 aliphatic rings. The molecule has 0 atom stereocenters. The highest BCUT2D eigenvalue weighted by atomic mass is 19.4. The molecule has 0 saturated carbocycles. The monoisotopic (exact) mass is 728 g/mol. The van der Waals surface area contributed by atoms with E-state index in [9.17, 15) is 49.1 Å². The van der Waals surface area contributed by atoms with Crippen LogP contribution >= 0.6 is 0 Å². The second-order valence-electron chi connectivity index (χ2n) is 8.61. The number of amides is 3. The molecular formula is C23H41F9N8O8. The van der Waals surface area contributed by atoms with E-state index in [1.807, 2.05) is 0 Å². The third-order valence-electron chi connectivity index (χ3n) is 4.50. The van der Waals surface area contributed by atoms with Crippen LogP contribution in [0.25, 0.3) is 0 Å². The molecule has 0 aliphatic heterocycles. The lowest BCUT2D eigenvalue weighted by atomic mass is 10.2. The number of halogens is 9. The van der Waals surface area contributed by atoms with Crippen molar-refractivity contribution in [1.82, 2.24) is 26.6 Å². The van der Waals surface area contributed by atoms with Gasteiger partial charge in [0.2, 0.25) is 5.91 Å². The molecule has 284 valence electrons. The Kier molecular flexibility index (Phi) is 31.7. The summed E-state index contributed by atoms with van der Waals surface area (Å²) in [6.07, 6.45) is -6.85. The minimum absolute atomic E-state index is 0.00514. The normalized spacial score (nSPS) is 11.0. The van der Waals surface area contributed by atoms with Gasteiger partial charge in [-0.2, -0.15) is 44.6 Å². The van der Waals surface area contributed by atoms with Crippen molar-refractivity contribution in [2.45, 2.75) is 63.5 Å². The Labute approximate surface area is 268 Å². The molecule has 0 fully saturated rings. The Bertz CT molecular complexity index is 866. The maximum absolute atomic E-state index is 11.6. The lowest BCUT2D eigenvalue weighted by molar-refractivity contribution is -0.193. The molecule has 0 unspecified atom stereocenters. The topological polar surface area (TPSA) is 271 Å². The highest BCUT2D eigenvalue weighted by Crippen LogP contribution is 2.14. The lowest BCUT2D eigenvalue weighted by Gasteiger charge is -2.09. The number of aliphatic carboxylic acids is 3. The van der Waals surface area contributed by atoms with Crippen LogP contribution in [0.2, 0.25) is 0 Å². The van der Waals surface area contributed by atoms with Gasteiger partial charge in [0.1, 0.15) is 6.34 Å². The van der Waals surface area contributed by atoms with Gasteiger partial charge in [-0.1, -0.05) is 12.8 Å². The molecule has 25 heteroatoms. The van der Waals surface area contributed by atoms with E-state index in [1.54, 1.807) is 0 Å². The fourth-order valence-electron chi connectivity index (χ4n) is 2.27. The summed E-state index contributed by atoms with van der Waals surface area (Å²) in [4.78, 5) is 49.9. The van der Waals surface area contributed by atoms with Crippen LogP contribution in [0.15, 0.2) is 5.10 Å². The third kappa shape index (κ3) is 43.8. The Morgan fingerprint density at radius 3 is 1.38 bits per heavy atom. The average Bonchev–Trinajstić information content (AvgIpc) is 2.96. The molecule has 3 amide bonds. The van der Waals surface area contributed by atoms with Crippen LogP contribution in [0.3, 0.4) is 0 Å². The molecule has 12 N–H and O–H groups in total. The average molecular weight is 729 g/mol. The number of nitrogens with one attached hydrogen (secondary N) is 5. The van der Waals surface area contributed by atoms with Crippen molar-refractivity contribution in [3.05, 3.63) is 0 Å². The number of carboxylic acids is 3. The largest absolute Gasteiger partial charge is 0.490 e. The standard InChI is InChI=1S/C17H38N8O2.3C2HF3O2/c18-8-7-11-20-9-5-6-13-23-17(27)24-14-16(26)22-12-4-2-1-3-10-21-15-25-19;3*3-2(4,5)1(6)7/h15,20H,1-14,18-19H2,(H,21,25)(H,22,26)(H2,23,24,27);3*(H,6,7). The number of rotatable bonds is 18. The zero-order valence-electron chi connectivity index (χ0n) is 25.4. The molecule has 0 heterocycles. The quantitative estimate of drug-likeness (QED) is 0.0237. The summed E-state index contributed by atoms with van der Waals surface area (Å²) in [5.41, 5.74) is 5.41. The molecule has 0 spiro atoms. The van der Waals surface area contributed by atoms with Crippen LogP contribution in [0.1, 0.15) is 44.9 Å². The first-order chi connectivity index (χ1) is 22.0. The first kappa shape index (κ1) is 50.6. The number of alkyl halides is 9. The number of hydrogen-bond donors (Lipinski definition) is 10. The van der Waals surface area contributed by atoms with Crippen LogP contribution in [-0.2, 0) is 19.2 Å². The number of nitrogens with two attached hydrogens (primary N) is 2. The Hall–Kier alpha value is -4.29. The molecular weight excluding hydrogens is 687 g/mol. The van der Waals surface area contributed by atoms with Gasteiger partial charge in [0.15, 0.2) is 0 Å². The van der Waals surface area contributed by atoms with E-state index in [-0.39, 0.29) is 18.5 Å². The smallest absolute Gasteiger partial charge is 0.475 e. The molecule has 16 nitrogen and oxygen atoms in total. The second-order valence-corrected chi connectivity index (χ2v) is 8.61. The van der Waals surface area contributed by atoms with E-state index >= 15 is 0 Å². The van der Waals surface area contributed by atoms with Crippen LogP contribution in [0.5, 0.6) is 0 Å². The van der Waals surface area contributed by atoms with Gasteiger partial charge in [0.25, 0.3) is 0 Å². The van der Waals surface area contributed by atoms with Gasteiger partial charge in [0.05, 0.1) is 6.54 Å². The lowest BCUT2D eigenvalue weighted by Crippen LogP contribution is -2.42. The number of carbonyl (C=O) groups excluding carboxylic acids is 2. The van der Waals surface area contributed by atoms with Gasteiger partial charge < -0.3 is 53.5 Å². The molecule has 0 radical (unpaired) electrons. The molecule has 48 heavy (non-hydrogen) atoms. The third-order valence-corrected chi connectivity index (χ3v) is 4.50. The maximum Gasteiger partial charge on any atom is 0.490 e. The fourth-order valence-corrected chi connectivity index (χ4v) is 2.27. The number of carbonyl (C=O) groups is 5. The summed E-state index contributed by atoms with van der Waals surface area (Å²) in [6.45, 7) is 4.61. The molecule has 0 saturated heterocycles. The van der Waals surface area contributed by atoms with Gasteiger partial charge in [-0.25, -0.2) is 19.2 Å².